The molecule has 1 aliphatic heterocycles. The highest BCUT2D eigenvalue weighted by atomic mass is 32.1. The molecule has 0 radical (unpaired) electrons. The molecule has 1 aromatic heterocycles. The molecule has 0 aliphatic carbocycles. The molecule has 1 aromatic carbocycles. The summed E-state index contributed by atoms with van der Waals surface area (Å²) >= 11 is 1.64. The molecule has 74 valence electrons. The molecule has 4 heteroatoms. The van der Waals surface area contributed by atoms with E-state index in [1.165, 1.54) is 5.01 Å². The molecule has 1 aliphatic rings. The molecule has 1 amide bonds. The topological polar surface area (TPSA) is 32.7 Å². The Kier molecular flexibility index (Phi) is 1.67. The molecule has 2 heterocycles. The average Bonchev–Trinajstić information content (AvgIpc) is 2.62. The first-order valence-electron chi connectivity index (χ1n) is 4.59. The molecule has 0 saturated heterocycles. The average molecular weight is 216 g/mol. The number of thiophene rings is 1. The van der Waals surface area contributed by atoms with Crippen molar-refractivity contribution in [2.24, 2.45) is 5.10 Å². The second-order valence-corrected chi connectivity index (χ2v) is 4.35. The Labute approximate surface area is 90.6 Å². The van der Waals surface area contributed by atoms with E-state index in [1.54, 1.807) is 24.6 Å². The van der Waals surface area contributed by atoms with Gasteiger partial charge >= 0.3 is 0 Å². The Morgan fingerprint density at radius 3 is 3.13 bits per heavy atom. The van der Waals surface area contributed by atoms with E-state index in [9.17, 15) is 4.79 Å². The number of benzene rings is 1. The van der Waals surface area contributed by atoms with Crippen molar-refractivity contribution in [3.8, 4) is 0 Å². The van der Waals surface area contributed by atoms with Crippen LogP contribution in [0.2, 0.25) is 0 Å². The monoisotopic (exact) mass is 216 g/mol. The van der Waals surface area contributed by atoms with Gasteiger partial charge in [-0.2, -0.15) is 5.10 Å². The third-order valence-electron chi connectivity index (χ3n) is 2.52. The lowest BCUT2D eigenvalue weighted by Gasteiger charge is -2.08. The van der Waals surface area contributed by atoms with Crippen molar-refractivity contribution in [1.82, 2.24) is 5.01 Å². The zero-order valence-electron chi connectivity index (χ0n) is 8.10. The van der Waals surface area contributed by atoms with E-state index < -0.39 is 0 Å². The normalized spacial score (nSPS) is 14.7. The van der Waals surface area contributed by atoms with Gasteiger partial charge in [0.25, 0.3) is 5.91 Å². The minimum absolute atomic E-state index is 0.0472. The molecule has 0 unspecified atom stereocenters. The van der Waals surface area contributed by atoms with Crippen molar-refractivity contribution in [3.05, 3.63) is 34.7 Å². The Balaban J connectivity index is 2.46. The molecule has 0 fully saturated rings. The first-order chi connectivity index (χ1) is 7.27. The summed E-state index contributed by atoms with van der Waals surface area (Å²) in [6.07, 6.45) is 1.74. The molecule has 15 heavy (non-hydrogen) atoms. The highest BCUT2D eigenvalue weighted by molar-refractivity contribution is 7.17. The van der Waals surface area contributed by atoms with Gasteiger partial charge in [-0.3, -0.25) is 4.79 Å². The van der Waals surface area contributed by atoms with E-state index in [-0.39, 0.29) is 5.91 Å². The number of rotatable bonds is 0. The third-order valence-corrected chi connectivity index (χ3v) is 3.49. The fourth-order valence-corrected chi connectivity index (χ4v) is 2.70. The van der Waals surface area contributed by atoms with Gasteiger partial charge in [-0.05, 0) is 12.1 Å². The zero-order valence-corrected chi connectivity index (χ0v) is 8.91. The van der Waals surface area contributed by atoms with Crippen molar-refractivity contribution in [2.45, 2.75) is 0 Å². The summed E-state index contributed by atoms with van der Waals surface area (Å²) in [4.78, 5) is 11.9. The smallest absolute Gasteiger partial charge is 0.267 e. The standard InChI is InChI=1S/C11H8N2OS/c1-13-11(14)8-3-2-4-9-10(8)7(5-12-13)6-15-9/h2-6H,1H3. The van der Waals surface area contributed by atoms with Gasteiger partial charge in [0.05, 0.1) is 11.8 Å². The van der Waals surface area contributed by atoms with Crippen molar-refractivity contribution < 1.29 is 4.79 Å². The minimum atomic E-state index is -0.0472. The predicted octanol–water partition coefficient (Wildman–Crippen LogP) is 2.32. The quantitative estimate of drug-likeness (QED) is 0.665. The van der Waals surface area contributed by atoms with E-state index in [0.717, 1.165) is 21.2 Å². The molecule has 0 atom stereocenters. The SMILES string of the molecule is CN1N=Cc2csc3cccc(c23)C1=O. The van der Waals surface area contributed by atoms with Gasteiger partial charge in [0, 0.05) is 28.1 Å². The lowest BCUT2D eigenvalue weighted by Crippen LogP contribution is -2.20. The number of hydrogen-bond donors (Lipinski definition) is 0. The van der Waals surface area contributed by atoms with Gasteiger partial charge in [0.15, 0.2) is 0 Å². The van der Waals surface area contributed by atoms with Crippen LogP contribution < -0.4 is 0 Å². The number of hydrogen-bond acceptors (Lipinski definition) is 3. The fraction of sp³-hybridized carbons (Fsp3) is 0.0909. The Morgan fingerprint density at radius 2 is 2.27 bits per heavy atom. The van der Waals surface area contributed by atoms with Crippen LogP contribution >= 0.6 is 11.3 Å². The molecular weight excluding hydrogens is 208 g/mol. The highest BCUT2D eigenvalue weighted by Gasteiger charge is 2.19. The van der Waals surface area contributed by atoms with E-state index in [2.05, 4.69) is 5.10 Å². The number of carbonyl (C=O) groups is 1. The minimum Gasteiger partial charge on any atom is -0.267 e. The number of nitrogens with zero attached hydrogens (tertiary/aromatic N) is 2. The van der Waals surface area contributed by atoms with Gasteiger partial charge in [-0.1, -0.05) is 6.07 Å². The summed E-state index contributed by atoms with van der Waals surface area (Å²) in [7, 11) is 1.67. The van der Waals surface area contributed by atoms with Gasteiger partial charge in [-0.25, -0.2) is 5.01 Å². The van der Waals surface area contributed by atoms with Crippen molar-refractivity contribution in [3.63, 3.8) is 0 Å². The van der Waals surface area contributed by atoms with Gasteiger partial charge in [0.2, 0.25) is 0 Å². The van der Waals surface area contributed by atoms with Crippen LogP contribution in [0.3, 0.4) is 0 Å². The van der Waals surface area contributed by atoms with Gasteiger partial charge < -0.3 is 0 Å². The highest BCUT2D eigenvalue weighted by Crippen LogP contribution is 2.30. The van der Waals surface area contributed by atoms with Crippen LogP contribution in [0, 0.1) is 0 Å². The lowest BCUT2D eigenvalue weighted by atomic mass is 10.1. The van der Waals surface area contributed by atoms with Crippen LogP contribution in [-0.2, 0) is 0 Å². The van der Waals surface area contributed by atoms with Crippen molar-refractivity contribution in [2.75, 3.05) is 7.05 Å². The van der Waals surface area contributed by atoms with Crippen LogP contribution in [0.4, 0.5) is 0 Å². The van der Waals surface area contributed by atoms with Gasteiger partial charge in [0.1, 0.15) is 0 Å². The fourth-order valence-electron chi connectivity index (χ4n) is 1.76. The lowest BCUT2D eigenvalue weighted by molar-refractivity contribution is 0.0803. The number of amides is 1. The number of carbonyl (C=O) groups excluding carboxylic acids is 1. The Morgan fingerprint density at radius 1 is 1.40 bits per heavy atom. The molecule has 2 aromatic rings. The van der Waals surface area contributed by atoms with Crippen molar-refractivity contribution >= 4 is 33.5 Å². The molecule has 3 nitrogen and oxygen atoms in total. The second-order valence-electron chi connectivity index (χ2n) is 3.44. The summed E-state index contributed by atoms with van der Waals surface area (Å²) in [6, 6.07) is 5.79. The van der Waals surface area contributed by atoms with E-state index in [1.807, 2.05) is 23.6 Å². The maximum Gasteiger partial charge on any atom is 0.274 e. The van der Waals surface area contributed by atoms with Crippen molar-refractivity contribution in [1.29, 1.82) is 0 Å². The third kappa shape index (κ3) is 1.11. The first kappa shape index (κ1) is 8.61. The maximum absolute atomic E-state index is 11.9. The molecule has 0 bridgehead atoms. The van der Waals surface area contributed by atoms with E-state index in [4.69, 9.17) is 0 Å². The molecule has 3 rings (SSSR count). The largest absolute Gasteiger partial charge is 0.274 e. The summed E-state index contributed by atoms with van der Waals surface area (Å²) in [5, 5.41) is 8.52. The Hall–Kier alpha value is -1.68. The number of hydrazone groups is 1. The first-order valence-corrected chi connectivity index (χ1v) is 5.47. The van der Waals surface area contributed by atoms with E-state index in [0.29, 0.717) is 0 Å². The molecular formula is C11H8N2OS. The van der Waals surface area contributed by atoms with E-state index >= 15 is 0 Å². The predicted molar refractivity (Wildman–Crippen MR) is 61.5 cm³/mol. The summed E-state index contributed by atoms with van der Waals surface area (Å²) in [5.41, 5.74) is 1.77. The van der Waals surface area contributed by atoms with Crippen LogP contribution in [0.1, 0.15) is 15.9 Å². The van der Waals surface area contributed by atoms with Crippen LogP contribution in [0.25, 0.3) is 10.1 Å². The molecule has 0 saturated carbocycles. The summed E-state index contributed by atoms with van der Waals surface area (Å²) in [6.45, 7) is 0. The summed E-state index contributed by atoms with van der Waals surface area (Å²) in [5.74, 6) is -0.0472. The van der Waals surface area contributed by atoms with Crippen LogP contribution in [-0.4, -0.2) is 24.2 Å². The molecule has 0 spiro atoms. The van der Waals surface area contributed by atoms with Crippen LogP contribution in [0.15, 0.2) is 28.7 Å². The second kappa shape index (κ2) is 2.90. The molecule has 0 N–H and O–H groups in total. The zero-order chi connectivity index (χ0) is 10.4. The van der Waals surface area contributed by atoms with Gasteiger partial charge in [-0.15, -0.1) is 11.3 Å². The van der Waals surface area contributed by atoms with Crippen LogP contribution in [0.5, 0.6) is 0 Å². The maximum atomic E-state index is 11.9. The Bertz CT molecular complexity index is 585. The summed E-state index contributed by atoms with van der Waals surface area (Å²) < 4.78 is 1.14.